The number of carbonyl (C=O) groups is 1. The molecular formula is C18H15Cl2N3O. The SMILES string of the molecule is Cc1c(C(=O)NCc2ccc(Cl)cc2)cnn1-c1cccc(Cl)c1. The Morgan fingerprint density at radius 3 is 2.58 bits per heavy atom. The standard InChI is InChI=1S/C18H15Cl2N3O/c1-12-17(11-22-23(12)16-4-2-3-15(20)9-16)18(24)21-10-13-5-7-14(19)8-6-13/h2-9,11H,10H2,1H3,(H,21,24). The summed E-state index contributed by atoms with van der Waals surface area (Å²) in [5.41, 5.74) is 3.08. The molecule has 0 aliphatic rings. The summed E-state index contributed by atoms with van der Waals surface area (Å²) in [6, 6.07) is 14.7. The molecule has 0 bridgehead atoms. The Labute approximate surface area is 150 Å². The number of hydrogen-bond donors (Lipinski definition) is 1. The van der Waals surface area contributed by atoms with Gasteiger partial charge in [0.25, 0.3) is 5.91 Å². The molecule has 0 saturated carbocycles. The normalized spacial score (nSPS) is 10.6. The van der Waals surface area contributed by atoms with Crippen LogP contribution in [-0.2, 0) is 6.54 Å². The van der Waals surface area contributed by atoms with E-state index >= 15 is 0 Å². The minimum absolute atomic E-state index is 0.171. The van der Waals surface area contributed by atoms with Gasteiger partial charge in [-0.2, -0.15) is 5.10 Å². The molecule has 0 aliphatic heterocycles. The van der Waals surface area contributed by atoms with E-state index in [4.69, 9.17) is 23.2 Å². The van der Waals surface area contributed by atoms with Gasteiger partial charge in [0, 0.05) is 16.6 Å². The number of aromatic nitrogens is 2. The second-order valence-corrected chi connectivity index (χ2v) is 6.22. The Morgan fingerprint density at radius 1 is 1.12 bits per heavy atom. The van der Waals surface area contributed by atoms with Crippen molar-refractivity contribution in [1.82, 2.24) is 15.1 Å². The zero-order chi connectivity index (χ0) is 17.1. The van der Waals surface area contributed by atoms with Crippen LogP contribution in [0.5, 0.6) is 0 Å². The van der Waals surface area contributed by atoms with Crippen LogP contribution in [0.2, 0.25) is 10.0 Å². The van der Waals surface area contributed by atoms with Gasteiger partial charge < -0.3 is 5.32 Å². The second kappa shape index (κ2) is 7.07. The van der Waals surface area contributed by atoms with Crippen LogP contribution in [0.1, 0.15) is 21.6 Å². The first kappa shape index (κ1) is 16.6. The van der Waals surface area contributed by atoms with E-state index in [1.165, 1.54) is 0 Å². The maximum Gasteiger partial charge on any atom is 0.255 e. The third kappa shape index (κ3) is 3.61. The smallest absolute Gasteiger partial charge is 0.255 e. The van der Waals surface area contributed by atoms with Crippen LogP contribution in [0, 0.1) is 6.92 Å². The van der Waals surface area contributed by atoms with Crippen molar-refractivity contribution in [3.63, 3.8) is 0 Å². The van der Waals surface area contributed by atoms with Crippen LogP contribution in [0.15, 0.2) is 54.7 Å². The molecule has 3 aromatic rings. The van der Waals surface area contributed by atoms with Crippen LogP contribution in [-0.4, -0.2) is 15.7 Å². The van der Waals surface area contributed by atoms with Gasteiger partial charge in [-0.25, -0.2) is 4.68 Å². The summed E-state index contributed by atoms with van der Waals surface area (Å²) >= 11 is 11.9. The second-order valence-electron chi connectivity index (χ2n) is 5.34. The highest BCUT2D eigenvalue weighted by Crippen LogP contribution is 2.18. The third-order valence-corrected chi connectivity index (χ3v) is 4.16. The minimum Gasteiger partial charge on any atom is -0.348 e. The predicted octanol–water partition coefficient (Wildman–Crippen LogP) is 4.42. The van der Waals surface area contributed by atoms with Crippen molar-refractivity contribution in [1.29, 1.82) is 0 Å². The summed E-state index contributed by atoms with van der Waals surface area (Å²) in [7, 11) is 0. The van der Waals surface area contributed by atoms with Crippen LogP contribution >= 0.6 is 23.2 Å². The number of nitrogens with one attached hydrogen (secondary N) is 1. The molecule has 6 heteroatoms. The van der Waals surface area contributed by atoms with Gasteiger partial charge in [0.15, 0.2) is 0 Å². The monoisotopic (exact) mass is 359 g/mol. The molecule has 1 heterocycles. The average Bonchev–Trinajstić information content (AvgIpc) is 2.96. The molecule has 1 aromatic heterocycles. The molecule has 0 unspecified atom stereocenters. The Morgan fingerprint density at radius 2 is 1.88 bits per heavy atom. The quantitative estimate of drug-likeness (QED) is 0.749. The first-order valence-electron chi connectivity index (χ1n) is 7.38. The maximum atomic E-state index is 12.4. The van der Waals surface area contributed by atoms with Gasteiger partial charge in [-0.1, -0.05) is 41.4 Å². The molecule has 1 N–H and O–H groups in total. The first-order valence-corrected chi connectivity index (χ1v) is 8.13. The molecule has 0 saturated heterocycles. The summed E-state index contributed by atoms with van der Waals surface area (Å²) in [6.07, 6.45) is 1.56. The fraction of sp³-hybridized carbons (Fsp3) is 0.111. The van der Waals surface area contributed by atoms with E-state index in [0.717, 1.165) is 16.9 Å². The van der Waals surface area contributed by atoms with Gasteiger partial charge in [0.1, 0.15) is 0 Å². The lowest BCUT2D eigenvalue weighted by atomic mass is 10.2. The van der Waals surface area contributed by atoms with Crippen molar-refractivity contribution in [3.05, 3.63) is 81.6 Å². The molecule has 4 nitrogen and oxygen atoms in total. The largest absolute Gasteiger partial charge is 0.348 e. The van der Waals surface area contributed by atoms with E-state index in [1.807, 2.05) is 31.2 Å². The number of amides is 1. The van der Waals surface area contributed by atoms with Crippen molar-refractivity contribution in [2.24, 2.45) is 0 Å². The van der Waals surface area contributed by atoms with Gasteiger partial charge >= 0.3 is 0 Å². The molecule has 122 valence electrons. The fourth-order valence-corrected chi connectivity index (χ4v) is 2.69. The zero-order valence-corrected chi connectivity index (χ0v) is 14.5. The van der Waals surface area contributed by atoms with Gasteiger partial charge in [0.2, 0.25) is 0 Å². The fourth-order valence-electron chi connectivity index (χ4n) is 2.38. The first-order chi connectivity index (χ1) is 11.5. The van der Waals surface area contributed by atoms with Crippen LogP contribution < -0.4 is 5.32 Å². The van der Waals surface area contributed by atoms with Gasteiger partial charge in [-0.15, -0.1) is 0 Å². The Hall–Kier alpha value is -2.30. The topological polar surface area (TPSA) is 46.9 Å². The van der Waals surface area contributed by atoms with E-state index in [-0.39, 0.29) is 5.91 Å². The molecular weight excluding hydrogens is 345 g/mol. The molecule has 0 atom stereocenters. The van der Waals surface area contributed by atoms with Gasteiger partial charge in [-0.05, 0) is 42.8 Å². The van der Waals surface area contributed by atoms with E-state index in [9.17, 15) is 4.79 Å². The van der Waals surface area contributed by atoms with Crippen molar-refractivity contribution >= 4 is 29.1 Å². The molecule has 0 radical (unpaired) electrons. The van der Waals surface area contributed by atoms with Crippen molar-refractivity contribution in [2.45, 2.75) is 13.5 Å². The lowest BCUT2D eigenvalue weighted by molar-refractivity contribution is 0.0950. The third-order valence-electron chi connectivity index (χ3n) is 3.67. The summed E-state index contributed by atoms with van der Waals surface area (Å²) < 4.78 is 1.70. The van der Waals surface area contributed by atoms with Crippen LogP contribution in [0.3, 0.4) is 0 Å². The number of halogens is 2. The van der Waals surface area contributed by atoms with E-state index < -0.39 is 0 Å². The van der Waals surface area contributed by atoms with Crippen LogP contribution in [0.25, 0.3) is 5.69 Å². The molecule has 0 aliphatic carbocycles. The molecule has 2 aromatic carbocycles. The van der Waals surface area contributed by atoms with Crippen molar-refractivity contribution in [3.8, 4) is 5.69 Å². The lowest BCUT2D eigenvalue weighted by Crippen LogP contribution is -2.23. The average molecular weight is 360 g/mol. The maximum absolute atomic E-state index is 12.4. The highest BCUT2D eigenvalue weighted by molar-refractivity contribution is 6.30. The Balaban J connectivity index is 1.75. The summed E-state index contributed by atoms with van der Waals surface area (Å²) in [5.74, 6) is -0.171. The molecule has 24 heavy (non-hydrogen) atoms. The summed E-state index contributed by atoms with van der Waals surface area (Å²) in [5, 5.41) is 8.48. The highest BCUT2D eigenvalue weighted by Gasteiger charge is 2.15. The van der Waals surface area contributed by atoms with E-state index in [0.29, 0.717) is 22.2 Å². The summed E-state index contributed by atoms with van der Waals surface area (Å²) in [6.45, 7) is 2.28. The Bertz CT molecular complexity index is 872. The van der Waals surface area contributed by atoms with Crippen LogP contribution in [0.4, 0.5) is 0 Å². The number of benzene rings is 2. The van der Waals surface area contributed by atoms with E-state index in [2.05, 4.69) is 10.4 Å². The summed E-state index contributed by atoms with van der Waals surface area (Å²) in [4.78, 5) is 12.4. The minimum atomic E-state index is -0.171. The molecule has 1 amide bonds. The van der Waals surface area contributed by atoms with E-state index in [1.54, 1.807) is 35.1 Å². The molecule has 0 spiro atoms. The number of nitrogens with zero attached hydrogens (tertiary/aromatic N) is 2. The number of hydrogen-bond acceptors (Lipinski definition) is 2. The Kier molecular flexibility index (Phi) is 4.88. The van der Waals surface area contributed by atoms with Gasteiger partial charge in [0.05, 0.1) is 23.1 Å². The van der Waals surface area contributed by atoms with Gasteiger partial charge in [-0.3, -0.25) is 4.79 Å². The molecule has 3 rings (SSSR count). The van der Waals surface area contributed by atoms with Crippen molar-refractivity contribution in [2.75, 3.05) is 0 Å². The molecule has 0 fully saturated rings. The predicted molar refractivity (Wildman–Crippen MR) is 95.9 cm³/mol. The number of carbonyl (C=O) groups excluding carboxylic acids is 1. The zero-order valence-electron chi connectivity index (χ0n) is 13.0. The van der Waals surface area contributed by atoms with Crippen molar-refractivity contribution < 1.29 is 4.79 Å². The highest BCUT2D eigenvalue weighted by atomic mass is 35.5. The lowest BCUT2D eigenvalue weighted by Gasteiger charge is -2.07. The number of rotatable bonds is 4.